The van der Waals surface area contributed by atoms with Crippen LogP contribution in [0.4, 0.5) is 0 Å². The topological polar surface area (TPSA) is 46.3 Å². The van der Waals surface area contributed by atoms with E-state index in [1.54, 1.807) is 0 Å². The second-order valence-corrected chi connectivity index (χ2v) is 6.38. The molecule has 3 unspecified atom stereocenters. The van der Waals surface area contributed by atoms with Gasteiger partial charge in [0.25, 0.3) is 0 Å². The number of amides is 1. The molecule has 0 spiro atoms. The second kappa shape index (κ2) is 7.82. The van der Waals surface area contributed by atoms with Gasteiger partial charge in [-0.2, -0.15) is 0 Å². The van der Waals surface area contributed by atoms with Crippen molar-refractivity contribution in [1.29, 1.82) is 0 Å². The molecular formula is C20H25ClN2O. The van der Waals surface area contributed by atoms with Crippen LogP contribution in [0.3, 0.4) is 0 Å². The molecule has 1 aliphatic rings. The smallest absolute Gasteiger partial charge is 0.227 e. The summed E-state index contributed by atoms with van der Waals surface area (Å²) < 4.78 is 0. The average molecular weight is 345 g/mol. The van der Waals surface area contributed by atoms with Crippen LogP contribution in [0.2, 0.25) is 0 Å². The van der Waals surface area contributed by atoms with E-state index >= 15 is 0 Å². The fraction of sp³-hybridized carbons (Fsp3) is 0.350. The third-order valence-electron chi connectivity index (χ3n) is 4.99. The molecule has 3 nitrogen and oxygen atoms in total. The molecule has 2 aromatic rings. The van der Waals surface area contributed by atoms with Gasteiger partial charge >= 0.3 is 0 Å². The minimum atomic E-state index is -0.270. The molecule has 0 aliphatic carbocycles. The molecule has 2 aromatic carbocycles. The maximum Gasteiger partial charge on any atom is 0.227 e. The molecule has 1 aliphatic heterocycles. The van der Waals surface area contributed by atoms with Crippen LogP contribution in [0.5, 0.6) is 0 Å². The Morgan fingerprint density at radius 2 is 1.75 bits per heavy atom. The fourth-order valence-electron chi connectivity index (χ4n) is 3.45. The molecule has 1 heterocycles. The van der Waals surface area contributed by atoms with Crippen molar-refractivity contribution >= 4 is 18.3 Å². The van der Waals surface area contributed by atoms with Crippen LogP contribution in [0, 0.1) is 5.92 Å². The molecule has 3 atom stereocenters. The van der Waals surface area contributed by atoms with Gasteiger partial charge in [-0.25, -0.2) is 0 Å². The molecule has 0 fully saturated rings. The summed E-state index contributed by atoms with van der Waals surface area (Å²) in [4.78, 5) is 15.0. The van der Waals surface area contributed by atoms with E-state index in [0.29, 0.717) is 0 Å². The molecule has 0 saturated heterocycles. The number of halogens is 1. The Morgan fingerprint density at radius 1 is 1.12 bits per heavy atom. The molecule has 128 valence electrons. The molecule has 0 aromatic heterocycles. The number of hydrogen-bond donors (Lipinski definition) is 1. The Balaban J connectivity index is 0.00000208. The third-order valence-corrected chi connectivity index (χ3v) is 4.99. The quantitative estimate of drug-likeness (QED) is 0.918. The van der Waals surface area contributed by atoms with Crippen molar-refractivity contribution < 1.29 is 4.79 Å². The van der Waals surface area contributed by atoms with Gasteiger partial charge in [-0.1, -0.05) is 61.5 Å². The van der Waals surface area contributed by atoms with Gasteiger partial charge in [0.05, 0.1) is 12.0 Å². The lowest BCUT2D eigenvalue weighted by atomic mass is 9.90. The Hall–Kier alpha value is -1.84. The number of nitrogens with two attached hydrogens (primary N) is 1. The zero-order valence-electron chi connectivity index (χ0n) is 14.2. The first-order valence-corrected chi connectivity index (χ1v) is 8.28. The second-order valence-electron chi connectivity index (χ2n) is 6.38. The minimum absolute atomic E-state index is 0. The van der Waals surface area contributed by atoms with Gasteiger partial charge < -0.3 is 10.6 Å². The number of carbonyl (C=O) groups excluding carboxylic acids is 1. The number of carbonyl (C=O) groups is 1. The summed E-state index contributed by atoms with van der Waals surface area (Å²) in [5, 5.41) is 0. The first kappa shape index (κ1) is 18.5. The van der Waals surface area contributed by atoms with Crippen LogP contribution in [-0.2, 0) is 11.2 Å². The third kappa shape index (κ3) is 3.47. The predicted octanol–water partition coefficient (Wildman–Crippen LogP) is 3.89. The number of benzene rings is 2. The number of rotatable bonds is 3. The first-order chi connectivity index (χ1) is 11.1. The summed E-state index contributed by atoms with van der Waals surface area (Å²) >= 11 is 0. The lowest BCUT2D eigenvalue weighted by molar-refractivity contribution is -0.138. The molecule has 2 N–H and O–H groups in total. The van der Waals surface area contributed by atoms with E-state index < -0.39 is 0 Å². The summed E-state index contributed by atoms with van der Waals surface area (Å²) in [6, 6.07) is 18.1. The van der Waals surface area contributed by atoms with Gasteiger partial charge in [0.1, 0.15) is 0 Å². The Morgan fingerprint density at radius 3 is 2.46 bits per heavy atom. The predicted molar refractivity (Wildman–Crippen MR) is 100 cm³/mol. The summed E-state index contributed by atoms with van der Waals surface area (Å²) in [7, 11) is 0. The van der Waals surface area contributed by atoms with Crippen LogP contribution in [0.25, 0.3) is 0 Å². The maximum atomic E-state index is 13.0. The van der Waals surface area contributed by atoms with Gasteiger partial charge in [0.15, 0.2) is 0 Å². The monoisotopic (exact) mass is 344 g/mol. The van der Waals surface area contributed by atoms with Crippen molar-refractivity contribution in [2.45, 2.75) is 32.4 Å². The fourth-order valence-corrected chi connectivity index (χ4v) is 3.45. The normalized spacial score (nSPS) is 19.0. The Labute approximate surface area is 150 Å². The molecule has 4 heteroatoms. The zero-order valence-corrected chi connectivity index (χ0v) is 15.0. The van der Waals surface area contributed by atoms with Crippen molar-refractivity contribution in [2.75, 3.05) is 6.54 Å². The molecule has 3 rings (SSSR count). The van der Waals surface area contributed by atoms with E-state index in [1.165, 1.54) is 11.1 Å². The average Bonchev–Trinajstić information content (AvgIpc) is 2.61. The molecule has 0 saturated carbocycles. The van der Waals surface area contributed by atoms with E-state index in [4.69, 9.17) is 5.73 Å². The lowest BCUT2D eigenvalue weighted by Crippen LogP contribution is -2.44. The van der Waals surface area contributed by atoms with Crippen LogP contribution < -0.4 is 5.73 Å². The highest BCUT2D eigenvalue weighted by molar-refractivity contribution is 5.85. The molecule has 1 amide bonds. The highest BCUT2D eigenvalue weighted by Gasteiger charge is 2.32. The zero-order chi connectivity index (χ0) is 16.4. The van der Waals surface area contributed by atoms with E-state index in [2.05, 4.69) is 25.1 Å². The largest absolute Gasteiger partial charge is 0.335 e. The van der Waals surface area contributed by atoms with Gasteiger partial charge in [-0.3, -0.25) is 4.79 Å². The maximum absolute atomic E-state index is 13.0. The van der Waals surface area contributed by atoms with Gasteiger partial charge in [0.2, 0.25) is 5.91 Å². The standard InChI is InChI=1S/C20H24N2O.ClH/c1-14(19(21)17-9-4-3-5-10-17)20(23)22-13-12-16-8-6-7-11-18(16)15(22)2;/h3-11,14-15,19H,12-13,21H2,1-2H3;1H. The number of fused-ring (bicyclic) bond motifs is 1. The summed E-state index contributed by atoms with van der Waals surface area (Å²) in [5.74, 6) is -0.0894. The number of nitrogens with zero attached hydrogens (tertiary/aromatic N) is 1. The van der Waals surface area contributed by atoms with Crippen LogP contribution in [0.15, 0.2) is 54.6 Å². The van der Waals surface area contributed by atoms with E-state index in [9.17, 15) is 4.79 Å². The van der Waals surface area contributed by atoms with Crippen molar-refractivity contribution in [3.63, 3.8) is 0 Å². The minimum Gasteiger partial charge on any atom is -0.335 e. The summed E-state index contributed by atoms with van der Waals surface area (Å²) in [5.41, 5.74) is 9.96. The highest BCUT2D eigenvalue weighted by atomic mass is 35.5. The van der Waals surface area contributed by atoms with Gasteiger partial charge in [-0.15, -0.1) is 12.4 Å². The van der Waals surface area contributed by atoms with Gasteiger partial charge in [-0.05, 0) is 30.0 Å². The summed E-state index contributed by atoms with van der Waals surface area (Å²) in [6.07, 6.45) is 0.916. The van der Waals surface area contributed by atoms with Crippen molar-refractivity contribution in [1.82, 2.24) is 4.90 Å². The van der Waals surface area contributed by atoms with Gasteiger partial charge in [0, 0.05) is 12.6 Å². The SMILES string of the molecule is CC(C(=O)N1CCc2ccccc2C1C)C(N)c1ccccc1.Cl. The molecule has 0 bridgehead atoms. The van der Waals surface area contributed by atoms with Crippen LogP contribution in [-0.4, -0.2) is 17.4 Å². The Kier molecular flexibility index (Phi) is 6.03. The first-order valence-electron chi connectivity index (χ1n) is 8.28. The van der Waals surface area contributed by atoms with Crippen LogP contribution in [0.1, 0.15) is 42.6 Å². The van der Waals surface area contributed by atoms with E-state index in [0.717, 1.165) is 18.5 Å². The summed E-state index contributed by atoms with van der Waals surface area (Å²) in [6.45, 7) is 4.81. The Bertz CT molecular complexity index is 689. The molecule has 0 radical (unpaired) electrons. The molecule has 24 heavy (non-hydrogen) atoms. The highest BCUT2D eigenvalue weighted by Crippen LogP contribution is 2.32. The lowest BCUT2D eigenvalue weighted by Gasteiger charge is -2.37. The number of hydrogen-bond acceptors (Lipinski definition) is 2. The van der Waals surface area contributed by atoms with Crippen LogP contribution >= 0.6 is 12.4 Å². The van der Waals surface area contributed by atoms with E-state index in [1.807, 2.05) is 48.2 Å². The van der Waals surface area contributed by atoms with Crippen molar-refractivity contribution in [3.8, 4) is 0 Å². The molecular weight excluding hydrogens is 320 g/mol. The van der Waals surface area contributed by atoms with Crippen molar-refractivity contribution in [3.05, 3.63) is 71.3 Å². The van der Waals surface area contributed by atoms with Crippen molar-refractivity contribution in [2.24, 2.45) is 11.7 Å². The van der Waals surface area contributed by atoms with E-state index in [-0.39, 0.29) is 36.3 Å².